The molecule has 0 aromatic heterocycles. The van der Waals surface area contributed by atoms with Crippen LogP contribution < -0.4 is 5.32 Å². The van der Waals surface area contributed by atoms with Gasteiger partial charge < -0.3 is 5.32 Å². The minimum atomic E-state index is -0.0646. The third-order valence-corrected chi connectivity index (χ3v) is 1.12. The van der Waals surface area contributed by atoms with E-state index in [4.69, 9.17) is 0 Å². The normalized spacial score (nSPS) is 8.90. The highest BCUT2D eigenvalue weighted by Crippen LogP contribution is 1.91. The van der Waals surface area contributed by atoms with E-state index in [1.165, 1.54) is 0 Å². The first-order valence-electron chi connectivity index (χ1n) is 3.43. The van der Waals surface area contributed by atoms with Crippen LogP contribution >= 0.6 is 0 Å². The second-order valence-corrected chi connectivity index (χ2v) is 2.02. The molecule has 0 bridgehead atoms. The number of rotatable bonds is 5. The molecule has 3 heteroatoms. The largest absolute Gasteiger partial charge is 0.349 e. The third kappa shape index (κ3) is 5.28. The van der Waals surface area contributed by atoms with E-state index in [9.17, 15) is 9.59 Å². The van der Waals surface area contributed by atoms with E-state index in [1.807, 2.05) is 6.92 Å². The topological polar surface area (TPSA) is 46.2 Å². The standard InChI is InChI=1S/C7H12NO2/c1-2-3-4-7(10)8-5-6-9/h2-5H2,1H3,(H,8,10). The van der Waals surface area contributed by atoms with Crippen LogP contribution in [0.2, 0.25) is 0 Å². The second-order valence-electron chi connectivity index (χ2n) is 2.02. The Hall–Kier alpha value is -0.860. The summed E-state index contributed by atoms with van der Waals surface area (Å²) in [5.74, 6) is -0.0646. The van der Waals surface area contributed by atoms with Gasteiger partial charge in [0.15, 0.2) is 0 Å². The van der Waals surface area contributed by atoms with Gasteiger partial charge in [-0.3, -0.25) is 9.59 Å². The molecule has 0 aromatic carbocycles. The van der Waals surface area contributed by atoms with Gasteiger partial charge in [-0.05, 0) is 6.42 Å². The van der Waals surface area contributed by atoms with Crippen LogP contribution in [0, 0.1) is 0 Å². The van der Waals surface area contributed by atoms with Crippen LogP contribution in [0.4, 0.5) is 0 Å². The van der Waals surface area contributed by atoms with Gasteiger partial charge in [-0.2, -0.15) is 0 Å². The van der Waals surface area contributed by atoms with Crippen molar-refractivity contribution >= 4 is 12.2 Å². The van der Waals surface area contributed by atoms with Crippen molar-refractivity contribution in [3.8, 4) is 0 Å². The SMILES string of the molecule is CCCCC(=O)NC[C]=O. The Morgan fingerprint density at radius 3 is 2.80 bits per heavy atom. The Bertz CT molecular complexity index is 112. The maximum absolute atomic E-state index is 10.7. The van der Waals surface area contributed by atoms with Crippen molar-refractivity contribution in [2.24, 2.45) is 0 Å². The summed E-state index contributed by atoms with van der Waals surface area (Å²) < 4.78 is 0. The molecule has 0 aliphatic heterocycles. The van der Waals surface area contributed by atoms with Gasteiger partial charge in [0.05, 0.1) is 6.54 Å². The zero-order valence-corrected chi connectivity index (χ0v) is 6.14. The molecular weight excluding hydrogens is 130 g/mol. The first-order chi connectivity index (χ1) is 4.81. The van der Waals surface area contributed by atoms with E-state index < -0.39 is 0 Å². The summed E-state index contributed by atoms with van der Waals surface area (Å²) in [6.07, 6.45) is 3.98. The van der Waals surface area contributed by atoms with Crippen LogP contribution in [0.1, 0.15) is 26.2 Å². The predicted octanol–water partition coefficient (Wildman–Crippen LogP) is 0.402. The van der Waals surface area contributed by atoms with E-state index >= 15 is 0 Å². The fourth-order valence-electron chi connectivity index (χ4n) is 0.560. The van der Waals surface area contributed by atoms with Gasteiger partial charge in [0.2, 0.25) is 12.2 Å². The molecule has 0 unspecified atom stereocenters. The Labute approximate surface area is 60.8 Å². The summed E-state index contributed by atoms with van der Waals surface area (Å²) in [5, 5.41) is 2.40. The van der Waals surface area contributed by atoms with Gasteiger partial charge >= 0.3 is 0 Å². The summed E-state index contributed by atoms with van der Waals surface area (Å²) in [7, 11) is 0. The summed E-state index contributed by atoms with van der Waals surface area (Å²) in [6.45, 7) is 2.03. The van der Waals surface area contributed by atoms with Crippen LogP contribution in [0.3, 0.4) is 0 Å². The van der Waals surface area contributed by atoms with E-state index in [2.05, 4.69) is 5.32 Å². The van der Waals surface area contributed by atoms with E-state index in [1.54, 1.807) is 6.29 Å². The minimum Gasteiger partial charge on any atom is -0.349 e. The third-order valence-electron chi connectivity index (χ3n) is 1.12. The lowest BCUT2D eigenvalue weighted by molar-refractivity contribution is -0.120. The molecule has 0 aromatic rings. The quantitative estimate of drug-likeness (QED) is 0.604. The van der Waals surface area contributed by atoms with Gasteiger partial charge in [-0.25, -0.2) is 0 Å². The second kappa shape index (κ2) is 6.26. The molecule has 0 rings (SSSR count). The lowest BCUT2D eigenvalue weighted by atomic mass is 10.2. The molecule has 1 radical (unpaired) electrons. The molecule has 0 saturated heterocycles. The average molecular weight is 142 g/mol. The number of carbonyl (C=O) groups excluding carboxylic acids is 2. The van der Waals surface area contributed by atoms with Crippen LogP contribution in [0.5, 0.6) is 0 Å². The van der Waals surface area contributed by atoms with Crippen molar-refractivity contribution in [3.63, 3.8) is 0 Å². The van der Waals surface area contributed by atoms with Crippen LogP contribution in [0.25, 0.3) is 0 Å². The number of unbranched alkanes of at least 4 members (excludes halogenated alkanes) is 1. The Balaban J connectivity index is 3.16. The Kier molecular flexibility index (Phi) is 5.72. The van der Waals surface area contributed by atoms with Gasteiger partial charge in [0.25, 0.3) is 0 Å². The molecule has 0 aliphatic carbocycles. The molecule has 0 heterocycles. The first-order valence-corrected chi connectivity index (χ1v) is 3.43. The summed E-state index contributed by atoms with van der Waals surface area (Å²) >= 11 is 0. The zero-order chi connectivity index (χ0) is 7.82. The predicted molar refractivity (Wildman–Crippen MR) is 38.2 cm³/mol. The smallest absolute Gasteiger partial charge is 0.220 e. The van der Waals surface area contributed by atoms with Gasteiger partial charge in [0.1, 0.15) is 0 Å². The van der Waals surface area contributed by atoms with Gasteiger partial charge in [-0.15, -0.1) is 0 Å². The van der Waals surface area contributed by atoms with Crippen molar-refractivity contribution in [2.75, 3.05) is 6.54 Å². The molecule has 0 atom stereocenters. The molecule has 57 valence electrons. The molecular formula is C7H12NO2. The Morgan fingerprint density at radius 1 is 1.60 bits per heavy atom. The number of amides is 1. The number of hydrogen-bond acceptors (Lipinski definition) is 2. The molecule has 0 saturated carbocycles. The van der Waals surface area contributed by atoms with Gasteiger partial charge in [0, 0.05) is 6.42 Å². The maximum atomic E-state index is 10.7. The summed E-state index contributed by atoms with van der Waals surface area (Å²) in [6, 6.07) is 0. The van der Waals surface area contributed by atoms with Crippen LogP contribution in [-0.4, -0.2) is 18.7 Å². The number of nitrogens with one attached hydrogen (secondary N) is 1. The summed E-state index contributed by atoms with van der Waals surface area (Å²) in [4.78, 5) is 20.3. The van der Waals surface area contributed by atoms with Gasteiger partial charge in [-0.1, -0.05) is 13.3 Å². The van der Waals surface area contributed by atoms with E-state index in [0.717, 1.165) is 12.8 Å². The van der Waals surface area contributed by atoms with E-state index in [0.29, 0.717) is 6.42 Å². The molecule has 10 heavy (non-hydrogen) atoms. The molecule has 3 nitrogen and oxygen atoms in total. The average Bonchev–Trinajstić information content (AvgIpc) is 1.97. The van der Waals surface area contributed by atoms with Crippen molar-refractivity contribution in [1.29, 1.82) is 0 Å². The lowest BCUT2D eigenvalue weighted by Gasteiger charge is -1.97. The highest BCUT2D eigenvalue weighted by Gasteiger charge is 1.96. The number of carbonyl (C=O) groups is 1. The fourth-order valence-corrected chi connectivity index (χ4v) is 0.560. The monoisotopic (exact) mass is 142 g/mol. The highest BCUT2D eigenvalue weighted by atomic mass is 16.2. The van der Waals surface area contributed by atoms with Crippen molar-refractivity contribution < 1.29 is 9.59 Å². The Morgan fingerprint density at radius 2 is 2.30 bits per heavy atom. The van der Waals surface area contributed by atoms with Crippen molar-refractivity contribution in [3.05, 3.63) is 0 Å². The van der Waals surface area contributed by atoms with E-state index in [-0.39, 0.29) is 12.5 Å². The number of hydrogen-bond donors (Lipinski definition) is 1. The molecule has 0 spiro atoms. The van der Waals surface area contributed by atoms with Crippen molar-refractivity contribution in [1.82, 2.24) is 5.32 Å². The molecule has 0 aliphatic rings. The molecule has 1 N–H and O–H groups in total. The highest BCUT2D eigenvalue weighted by molar-refractivity contribution is 5.78. The van der Waals surface area contributed by atoms with Crippen molar-refractivity contribution in [2.45, 2.75) is 26.2 Å². The zero-order valence-electron chi connectivity index (χ0n) is 6.14. The fraction of sp³-hybridized carbons (Fsp3) is 0.714. The van der Waals surface area contributed by atoms with Crippen LogP contribution in [-0.2, 0) is 9.59 Å². The maximum Gasteiger partial charge on any atom is 0.220 e. The molecule has 0 fully saturated rings. The first kappa shape index (κ1) is 9.14. The minimum absolute atomic E-state index is 0.0164. The summed E-state index contributed by atoms with van der Waals surface area (Å²) in [5.41, 5.74) is 0. The molecule has 1 amide bonds. The lowest BCUT2D eigenvalue weighted by Crippen LogP contribution is -2.24. The van der Waals surface area contributed by atoms with Crippen LogP contribution in [0.15, 0.2) is 0 Å².